The molecule has 1 amide bonds. The van der Waals surface area contributed by atoms with Crippen molar-refractivity contribution in [2.45, 2.75) is 26.8 Å². The predicted octanol–water partition coefficient (Wildman–Crippen LogP) is 2.19. The van der Waals surface area contributed by atoms with Gasteiger partial charge in [-0.1, -0.05) is 32.0 Å². The van der Waals surface area contributed by atoms with Gasteiger partial charge in [0.2, 0.25) is 5.91 Å². The van der Waals surface area contributed by atoms with Gasteiger partial charge in [0.1, 0.15) is 0 Å². The third kappa shape index (κ3) is 6.17. The third-order valence-corrected chi connectivity index (χ3v) is 3.07. The maximum absolute atomic E-state index is 12.1. The highest BCUT2D eigenvalue weighted by atomic mass is 16.2. The Hall–Kier alpha value is -1.39. The minimum Gasteiger partial charge on any atom is -0.325 e. The summed E-state index contributed by atoms with van der Waals surface area (Å²) in [4.78, 5) is 14.2. The SMILES string of the molecule is CC(NCC(C)(C)CN(C)C)C(=O)Nc1ccccc1. The monoisotopic (exact) mass is 277 g/mol. The molecule has 0 radical (unpaired) electrons. The molecule has 1 aromatic carbocycles. The first-order valence-electron chi connectivity index (χ1n) is 7.04. The van der Waals surface area contributed by atoms with E-state index in [-0.39, 0.29) is 17.4 Å². The predicted molar refractivity (Wildman–Crippen MR) is 84.9 cm³/mol. The number of carbonyl (C=O) groups excluding carboxylic acids is 1. The molecule has 1 rings (SSSR count). The van der Waals surface area contributed by atoms with Crippen molar-refractivity contribution >= 4 is 11.6 Å². The smallest absolute Gasteiger partial charge is 0.241 e. The highest BCUT2D eigenvalue weighted by Gasteiger charge is 2.21. The van der Waals surface area contributed by atoms with E-state index in [1.807, 2.05) is 37.3 Å². The van der Waals surface area contributed by atoms with E-state index in [1.165, 1.54) is 0 Å². The van der Waals surface area contributed by atoms with Crippen LogP contribution in [0.1, 0.15) is 20.8 Å². The highest BCUT2D eigenvalue weighted by molar-refractivity contribution is 5.94. The van der Waals surface area contributed by atoms with Gasteiger partial charge in [0.05, 0.1) is 6.04 Å². The second kappa shape index (κ2) is 7.41. The molecule has 0 saturated carbocycles. The Bertz CT molecular complexity index is 415. The average Bonchev–Trinajstić information content (AvgIpc) is 2.35. The second-order valence-electron chi connectivity index (χ2n) is 6.36. The zero-order valence-electron chi connectivity index (χ0n) is 13.2. The molecule has 0 fully saturated rings. The van der Waals surface area contributed by atoms with Gasteiger partial charge in [-0.2, -0.15) is 0 Å². The molecular formula is C16H27N3O. The van der Waals surface area contributed by atoms with Crippen molar-refractivity contribution < 1.29 is 4.79 Å². The van der Waals surface area contributed by atoms with E-state index in [4.69, 9.17) is 0 Å². The Labute approximate surface area is 122 Å². The number of hydrogen-bond donors (Lipinski definition) is 2. The molecule has 1 atom stereocenters. The van der Waals surface area contributed by atoms with Gasteiger partial charge in [-0.15, -0.1) is 0 Å². The first-order chi connectivity index (χ1) is 9.30. The van der Waals surface area contributed by atoms with Crippen molar-refractivity contribution in [2.75, 3.05) is 32.5 Å². The summed E-state index contributed by atoms with van der Waals surface area (Å²) >= 11 is 0. The molecule has 0 heterocycles. The lowest BCUT2D eigenvalue weighted by Gasteiger charge is -2.29. The number of rotatable bonds is 7. The first-order valence-corrected chi connectivity index (χ1v) is 7.04. The molecule has 4 nitrogen and oxygen atoms in total. The fraction of sp³-hybridized carbons (Fsp3) is 0.562. The molecule has 20 heavy (non-hydrogen) atoms. The van der Waals surface area contributed by atoms with Crippen LogP contribution in [0.25, 0.3) is 0 Å². The minimum absolute atomic E-state index is 0.00291. The Kier molecular flexibility index (Phi) is 6.17. The molecule has 0 aliphatic carbocycles. The Morgan fingerprint density at radius 1 is 1.25 bits per heavy atom. The topological polar surface area (TPSA) is 44.4 Å². The number of benzene rings is 1. The van der Waals surface area contributed by atoms with Crippen LogP contribution in [0.15, 0.2) is 30.3 Å². The van der Waals surface area contributed by atoms with E-state index in [1.54, 1.807) is 0 Å². The summed E-state index contributed by atoms with van der Waals surface area (Å²) in [6.07, 6.45) is 0. The fourth-order valence-electron chi connectivity index (χ4n) is 2.21. The van der Waals surface area contributed by atoms with Gasteiger partial charge < -0.3 is 15.5 Å². The largest absolute Gasteiger partial charge is 0.325 e. The van der Waals surface area contributed by atoms with Crippen LogP contribution in [0.3, 0.4) is 0 Å². The molecule has 1 aromatic rings. The summed E-state index contributed by atoms with van der Waals surface area (Å²) in [5.74, 6) is -0.00291. The Balaban J connectivity index is 2.42. The number of anilines is 1. The fourth-order valence-corrected chi connectivity index (χ4v) is 2.21. The van der Waals surface area contributed by atoms with E-state index in [2.05, 4.69) is 43.5 Å². The number of para-hydroxylation sites is 1. The summed E-state index contributed by atoms with van der Waals surface area (Å²) in [5, 5.41) is 6.22. The van der Waals surface area contributed by atoms with Gasteiger partial charge in [0.25, 0.3) is 0 Å². The molecule has 2 N–H and O–H groups in total. The molecule has 0 aromatic heterocycles. The molecule has 0 spiro atoms. The molecule has 0 aliphatic rings. The summed E-state index contributed by atoms with van der Waals surface area (Å²) < 4.78 is 0. The van der Waals surface area contributed by atoms with Crippen LogP contribution in [0.4, 0.5) is 5.69 Å². The number of carbonyl (C=O) groups is 1. The van der Waals surface area contributed by atoms with E-state index >= 15 is 0 Å². The molecule has 112 valence electrons. The van der Waals surface area contributed by atoms with Gasteiger partial charge >= 0.3 is 0 Å². The Morgan fingerprint density at radius 3 is 2.40 bits per heavy atom. The van der Waals surface area contributed by atoms with Crippen LogP contribution in [-0.4, -0.2) is 44.0 Å². The standard InChI is InChI=1S/C16H27N3O/c1-13(17-11-16(2,3)12-19(4)5)15(20)18-14-9-7-6-8-10-14/h6-10,13,17H,11-12H2,1-5H3,(H,18,20). The van der Waals surface area contributed by atoms with Crippen molar-refractivity contribution in [3.63, 3.8) is 0 Å². The number of nitrogens with zero attached hydrogens (tertiary/aromatic N) is 1. The normalized spacial score (nSPS) is 13.3. The van der Waals surface area contributed by atoms with Gasteiger partial charge in [0, 0.05) is 18.8 Å². The van der Waals surface area contributed by atoms with Crippen LogP contribution >= 0.6 is 0 Å². The van der Waals surface area contributed by atoms with Crippen molar-refractivity contribution in [3.05, 3.63) is 30.3 Å². The van der Waals surface area contributed by atoms with Crippen molar-refractivity contribution in [2.24, 2.45) is 5.41 Å². The van der Waals surface area contributed by atoms with E-state index < -0.39 is 0 Å². The van der Waals surface area contributed by atoms with Crippen LogP contribution in [-0.2, 0) is 4.79 Å². The van der Waals surface area contributed by atoms with Gasteiger partial charge in [0.15, 0.2) is 0 Å². The molecule has 0 aliphatic heterocycles. The quantitative estimate of drug-likeness (QED) is 0.803. The Morgan fingerprint density at radius 2 is 1.85 bits per heavy atom. The van der Waals surface area contributed by atoms with Gasteiger partial charge in [-0.05, 0) is 38.6 Å². The molecule has 0 bridgehead atoms. The molecule has 4 heteroatoms. The van der Waals surface area contributed by atoms with E-state index in [9.17, 15) is 4.79 Å². The van der Waals surface area contributed by atoms with Crippen molar-refractivity contribution in [1.82, 2.24) is 10.2 Å². The van der Waals surface area contributed by atoms with Crippen molar-refractivity contribution in [3.8, 4) is 0 Å². The zero-order chi connectivity index (χ0) is 15.2. The zero-order valence-corrected chi connectivity index (χ0v) is 13.2. The lowest BCUT2D eigenvalue weighted by atomic mass is 9.92. The van der Waals surface area contributed by atoms with Crippen LogP contribution in [0.5, 0.6) is 0 Å². The van der Waals surface area contributed by atoms with Gasteiger partial charge in [-0.25, -0.2) is 0 Å². The molecule has 0 saturated heterocycles. The maximum Gasteiger partial charge on any atom is 0.241 e. The summed E-state index contributed by atoms with van der Waals surface area (Å²) in [6, 6.07) is 9.32. The first kappa shape index (κ1) is 16.7. The van der Waals surface area contributed by atoms with Crippen LogP contribution in [0, 0.1) is 5.41 Å². The average molecular weight is 277 g/mol. The lowest BCUT2D eigenvalue weighted by Crippen LogP contribution is -2.45. The van der Waals surface area contributed by atoms with Gasteiger partial charge in [-0.3, -0.25) is 4.79 Å². The number of nitrogens with one attached hydrogen (secondary N) is 2. The summed E-state index contributed by atoms with van der Waals surface area (Å²) in [7, 11) is 4.13. The van der Waals surface area contributed by atoms with Crippen LogP contribution in [0.2, 0.25) is 0 Å². The van der Waals surface area contributed by atoms with E-state index in [0.29, 0.717) is 0 Å². The maximum atomic E-state index is 12.1. The summed E-state index contributed by atoms with van der Waals surface area (Å²) in [5.41, 5.74) is 0.962. The van der Waals surface area contributed by atoms with E-state index in [0.717, 1.165) is 18.8 Å². The lowest BCUT2D eigenvalue weighted by molar-refractivity contribution is -0.117. The summed E-state index contributed by atoms with van der Waals surface area (Å²) in [6.45, 7) is 8.06. The minimum atomic E-state index is -0.211. The molecule has 1 unspecified atom stereocenters. The number of amides is 1. The van der Waals surface area contributed by atoms with Crippen molar-refractivity contribution in [1.29, 1.82) is 0 Å². The second-order valence-corrected chi connectivity index (χ2v) is 6.36. The molecular weight excluding hydrogens is 250 g/mol. The van der Waals surface area contributed by atoms with Crippen LogP contribution < -0.4 is 10.6 Å². The number of hydrogen-bond acceptors (Lipinski definition) is 3. The highest BCUT2D eigenvalue weighted by Crippen LogP contribution is 2.14. The third-order valence-electron chi connectivity index (χ3n) is 3.07.